The van der Waals surface area contributed by atoms with Gasteiger partial charge in [-0.05, 0) is 63.3 Å². The normalized spacial score (nSPS) is 14.6. The second-order valence-electron chi connectivity index (χ2n) is 6.50. The van der Waals surface area contributed by atoms with Crippen LogP contribution in [-0.4, -0.2) is 37.0 Å². The van der Waals surface area contributed by atoms with E-state index < -0.39 is 28.9 Å². The first-order chi connectivity index (χ1) is 12.4. The fourth-order valence-electron chi connectivity index (χ4n) is 3.04. The van der Waals surface area contributed by atoms with Crippen LogP contribution in [0.3, 0.4) is 0 Å². The largest absolute Gasteiger partial charge is 0.382 e. The highest BCUT2D eigenvalue weighted by molar-refractivity contribution is 6.04. The van der Waals surface area contributed by atoms with E-state index in [4.69, 9.17) is 0 Å². The van der Waals surface area contributed by atoms with E-state index in [9.17, 15) is 18.0 Å². The maximum atomic E-state index is 13.9. The monoisotopic (exact) mass is 435 g/mol. The van der Waals surface area contributed by atoms with E-state index >= 15 is 0 Å². The number of carbonyl (C=O) groups is 1. The number of piperidine rings is 1. The van der Waals surface area contributed by atoms with E-state index in [2.05, 4.69) is 15.5 Å². The van der Waals surface area contributed by atoms with Crippen molar-refractivity contribution in [3.05, 3.63) is 59.4 Å². The second kappa shape index (κ2) is 10.5. The van der Waals surface area contributed by atoms with Crippen molar-refractivity contribution in [2.45, 2.75) is 18.9 Å². The van der Waals surface area contributed by atoms with Gasteiger partial charge < -0.3 is 15.5 Å². The Hall–Kier alpha value is -1.96. The van der Waals surface area contributed by atoms with Gasteiger partial charge in [-0.25, -0.2) is 13.2 Å². The highest BCUT2D eigenvalue weighted by atomic mass is 35.5. The Kier molecular flexibility index (Phi) is 9.07. The van der Waals surface area contributed by atoms with Gasteiger partial charge in [0.25, 0.3) is 5.91 Å². The number of hydrogen-bond acceptors (Lipinski definition) is 3. The van der Waals surface area contributed by atoms with Gasteiger partial charge in [-0.15, -0.1) is 24.8 Å². The average Bonchev–Trinajstić information content (AvgIpc) is 2.56. The molecule has 0 bridgehead atoms. The molecule has 9 heteroatoms. The van der Waals surface area contributed by atoms with Gasteiger partial charge in [-0.1, -0.05) is 6.07 Å². The molecule has 2 aromatic carbocycles. The fraction of sp³-hybridized carbons (Fsp3) is 0.316. The molecule has 1 aliphatic heterocycles. The lowest BCUT2D eigenvalue weighted by atomic mass is 10.1. The zero-order valence-corrected chi connectivity index (χ0v) is 16.8. The third kappa shape index (κ3) is 6.02. The standard InChI is InChI=1S/C19H20F3N3O.2ClH/c1-25-7-5-13(6-8-25)23-14-9-12(20)10-15(11-14)24-19(26)18-16(21)3-2-4-17(18)22;;/h2-4,9-11,13,23H,5-8H2,1H3,(H,24,26);2*1H. The first-order valence-corrected chi connectivity index (χ1v) is 8.43. The van der Waals surface area contributed by atoms with E-state index in [0.717, 1.165) is 44.1 Å². The Bertz CT molecular complexity index is 795. The zero-order valence-electron chi connectivity index (χ0n) is 15.2. The van der Waals surface area contributed by atoms with Gasteiger partial charge >= 0.3 is 0 Å². The molecule has 1 amide bonds. The van der Waals surface area contributed by atoms with Gasteiger partial charge in [0.2, 0.25) is 0 Å². The van der Waals surface area contributed by atoms with Crippen LogP contribution in [0.5, 0.6) is 0 Å². The van der Waals surface area contributed by atoms with Gasteiger partial charge in [0.15, 0.2) is 0 Å². The molecule has 0 spiro atoms. The van der Waals surface area contributed by atoms with Crippen LogP contribution >= 0.6 is 24.8 Å². The summed E-state index contributed by atoms with van der Waals surface area (Å²) >= 11 is 0. The summed E-state index contributed by atoms with van der Waals surface area (Å²) in [5, 5.41) is 5.61. The minimum Gasteiger partial charge on any atom is -0.382 e. The average molecular weight is 436 g/mol. The lowest BCUT2D eigenvalue weighted by Crippen LogP contribution is -2.36. The molecule has 0 radical (unpaired) electrons. The van der Waals surface area contributed by atoms with Gasteiger partial charge in [0.1, 0.15) is 23.0 Å². The summed E-state index contributed by atoms with van der Waals surface area (Å²) in [7, 11) is 2.05. The minimum absolute atomic E-state index is 0. The van der Waals surface area contributed by atoms with Gasteiger partial charge in [-0.2, -0.15) is 0 Å². The molecule has 1 heterocycles. The lowest BCUT2D eigenvalue weighted by molar-refractivity contribution is 0.101. The molecule has 0 aromatic heterocycles. The fourth-order valence-corrected chi connectivity index (χ4v) is 3.04. The molecular weight excluding hydrogens is 414 g/mol. The van der Waals surface area contributed by atoms with E-state index in [0.29, 0.717) is 5.69 Å². The number of amides is 1. The summed E-state index contributed by atoms with van der Waals surface area (Å²) in [6, 6.07) is 7.37. The second-order valence-corrected chi connectivity index (χ2v) is 6.50. The van der Waals surface area contributed by atoms with E-state index in [1.165, 1.54) is 12.1 Å². The molecule has 1 fully saturated rings. The number of nitrogens with zero attached hydrogens (tertiary/aromatic N) is 1. The molecule has 1 aliphatic rings. The first kappa shape index (κ1) is 24.1. The smallest absolute Gasteiger partial charge is 0.261 e. The molecule has 4 nitrogen and oxygen atoms in total. The molecule has 0 unspecified atom stereocenters. The van der Waals surface area contributed by atoms with E-state index in [1.807, 2.05) is 7.05 Å². The molecule has 0 aliphatic carbocycles. The van der Waals surface area contributed by atoms with Gasteiger partial charge in [-0.3, -0.25) is 4.79 Å². The maximum Gasteiger partial charge on any atom is 0.261 e. The van der Waals surface area contributed by atoms with Crippen molar-refractivity contribution in [1.29, 1.82) is 0 Å². The molecule has 0 atom stereocenters. The van der Waals surface area contributed by atoms with Crippen LogP contribution in [0.25, 0.3) is 0 Å². The number of nitrogens with one attached hydrogen (secondary N) is 2. The van der Waals surface area contributed by atoms with Crippen LogP contribution in [0, 0.1) is 17.5 Å². The van der Waals surface area contributed by atoms with Crippen LogP contribution in [0.15, 0.2) is 36.4 Å². The summed E-state index contributed by atoms with van der Waals surface area (Å²) in [5.41, 5.74) is -0.0430. The van der Waals surface area contributed by atoms with Crippen LogP contribution < -0.4 is 10.6 Å². The molecule has 3 rings (SSSR count). The van der Waals surface area contributed by atoms with Crippen molar-refractivity contribution < 1.29 is 18.0 Å². The number of halogens is 5. The SMILES string of the molecule is CN1CCC(Nc2cc(F)cc(NC(=O)c3c(F)cccc3F)c2)CC1.Cl.Cl. The molecule has 1 saturated heterocycles. The van der Waals surface area contributed by atoms with Crippen LogP contribution in [0.1, 0.15) is 23.2 Å². The van der Waals surface area contributed by atoms with Crippen molar-refractivity contribution in [3.63, 3.8) is 0 Å². The van der Waals surface area contributed by atoms with Gasteiger partial charge in [0, 0.05) is 17.4 Å². The summed E-state index contributed by atoms with van der Waals surface area (Å²) in [5.74, 6) is -3.45. The van der Waals surface area contributed by atoms with E-state index in [-0.39, 0.29) is 36.5 Å². The number of carbonyl (C=O) groups excluding carboxylic acids is 1. The summed E-state index contributed by atoms with van der Waals surface area (Å²) < 4.78 is 41.3. The summed E-state index contributed by atoms with van der Waals surface area (Å²) in [4.78, 5) is 14.4. The van der Waals surface area contributed by atoms with Crippen molar-refractivity contribution in [1.82, 2.24) is 4.90 Å². The molecular formula is C19H22Cl2F3N3O. The van der Waals surface area contributed by atoms with Crippen LogP contribution in [-0.2, 0) is 0 Å². The number of anilines is 2. The molecule has 28 heavy (non-hydrogen) atoms. The van der Waals surface area contributed by atoms with Crippen LogP contribution in [0.4, 0.5) is 24.5 Å². The molecule has 154 valence electrons. The summed E-state index contributed by atoms with van der Waals surface area (Å²) in [6.45, 7) is 1.90. The number of benzene rings is 2. The number of likely N-dealkylation sites (tertiary alicyclic amines) is 1. The number of hydrogen-bond donors (Lipinski definition) is 2. The van der Waals surface area contributed by atoms with Crippen molar-refractivity contribution in [2.24, 2.45) is 0 Å². The first-order valence-electron chi connectivity index (χ1n) is 8.43. The topological polar surface area (TPSA) is 44.4 Å². The molecule has 2 N–H and O–H groups in total. The van der Waals surface area contributed by atoms with Crippen LogP contribution in [0.2, 0.25) is 0 Å². The molecule has 2 aromatic rings. The quantitative estimate of drug-likeness (QED) is 0.730. The van der Waals surface area contributed by atoms with Crippen molar-refractivity contribution in [3.8, 4) is 0 Å². The van der Waals surface area contributed by atoms with Crippen molar-refractivity contribution >= 4 is 42.1 Å². The zero-order chi connectivity index (χ0) is 18.7. The Morgan fingerprint density at radius 2 is 1.57 bits per heavy atom. The van der Waals surface area contributed by atoms with Crippen molar-refractivity contribution in [2.75, 3.05) is 30.8 Å². The Labute approximate surface area is 174 Å². The minimum atomic E-state index is -0.969. The Morgan fingerprint density at radius 3 is 2.18 bits per heavy atom. The Morgan fingerprint density at radius 1 is 1.00 bits per heavy atom. The predicted octanol–water partition coefficient (Wildman–Crippen LogP) is 4.71. The Balaban J connectivity index is 0.00000196. The number of rotatable bonds is 4. The highest BCUT2D eigenvalue weighted by Gasteiger charge is 2.19. The van der Waals surface area contributed by atoms with E-state index in [1.54, 1.807) is 6.07 Å². The summed E-state index contributed by atoms with van der Waals surface area (Å²) in [6.07, 6.45) is 1.85. The lowest BCUT2D eigenvalue weighted by Gasteiger charge is -2.30. The maximum absolute atomic E-state index is 13.9. The molecule has 0 saturated carbocycles. The third-order valence-corrected chi connectivity index (χ3v) is 4.43. The van der Waals surface area contributed by atoms with Gasteiger partial charge in [0.05, 0.1) is 0 Å². The highest BCUT2D eigenvalue weighted by Crippen LogP contribution is 2.23. The predicted molar refractivity (Wildman–Crippen MR) is 109 cm³/mol. The third-order valence-electron chi connectivity index (χ3n) is 4.43.